The third kappa shape index (κ3) is 2.66. The molecule has 33 heavy (non-hydrogen) atoms. The molecule has 1 unspecified atom stereocenters. The molecule has 4 nitrogen and oxygen atoms in total. The minimum absolute atomic E-state index is 0.0102. The molecule has 5 rings (SSSR count). The highest BCUT2D eigenvalue weighted by Gasteiger charge is 2.70. The van der Waals surface area contributed by atoms with E-state index in [9.17, 15) is 19.8 Å². The van der Waals surface area contributed by atoms with Gasteiger partial charge in [0.15, 0.2) is 0 Å². The smallest absolute Gasteiger partial charge is 0.145 e. The van der Waals surface area contributed by atoms with E-state index in [4.69, 9.17) is 0 Å². The zero-order valence-corrected chi connectivity index (χ0v) is 21.0. The molecule has 0 amide bonds. The summed E-state index contributed by atoms with van der Waals surface area (Å²) in [4.78, 5) is 28.5. The van der Waals surface area contributed by atoms with Crippen molar-refractivity contribution in [1.29, 1.82) is 0 Å². The Kier molecular flexibility index (Phi) is 4.93. The first-order valence-corrected chi connectivity index (χ1v) is 12.8. The molecule has 4 fully saturated rings. The van der Waals surface area contributed by atoms with Crippen LogP contribution < -0.4 is 0 Å². The normalized spacial score (nSPS) is 46.4. The molecular weight excluding hydrogens is 412 g/mol. The maximum Gasteiger partial charge on any atom is 0.145 e. The summed E-state index contributed by atoms with van der Waals surface area (Å²) in [6, 6.07) is 9.74. The molecule has 0 aromatic heterocycles. The van der Waals surface area contributed by atoms with Gasteiger partial charge >= 0.3 is 0 Å². The molecular formula is C29H40O4. The third-order valence-electron chi connectivity index (χ3n) is 11.8. The first-order valence-electron chi connectivity index (χ1n) is 12.8. The lowest BCUT2D eigenvalue weighted by Crippen LogP contribution is -2.62. The molecule has 0 aliphatic heterocycles. The molecule has 180 valence electrons. The van der Waals surface area contributed by atoms with Gasteiger partial charge in [-0.25, -0.2) is 0 Å². The van der Waals surface area contributed by atoms with Crippen LogP contribution >= 0.6 is 0 Å². The molecule has 0 radical (unpaired) electrons. The molecule has 4 aliphatic rings. The van der Waals surface area contributed by atoms with Crippen LogP contribution in [0, 0.1) is 45.3 Å². The van der Waals surface area contributed by atoms with E-state index >= 15 is 0 Å². The number of Topliss-reactive ketones (excluding diaryl/α,β-unsaturated/α-hetero) is 2. The molecule has 9 atom stereocenters. The van der Waals surface area contributed by atoms with Crippen molar-refractivity contribution in [3.05, 3.63) is 35.9 Å². The minimum Gasteiger partial charge on any atom is -0.392 e. The van der Waals surface area contributed by atoms with Crippen LogP contribution in [0.5, 0.6) is 0 Å². The Hall–Kier alpha value is -1.52. The fraction of sp³-hybridized carbons (Fsp3) is 0.724. The summed E-state index contributed by atoms with van der Waals surface area (Å²) < 4.78 is 0. The number of carbonyl (C=O) groups excluding carboxylic acids is 2. The number of aliphatic hydroxyl groups excluding tert-OH is 2. The van der Waals surface area contributed by atoms with Crippen molar-refractivity contribution in [1.82, 2.24) is 0 Å². The van der Waals surface area contributed by atoms with Gasteiger partial charge in [0.25, 0.3) is 0 Å². The average Bonchev–Trinajstić information content (AvgIpc) is 3.07. The highest BCUT2D eigenvalue weighted by Crippen LogP contribution is 2.68. The van der Waals surface area contributed by atoms with Crippen molar-refractivity contribution in [2.24, 2.45) is 45.3 Å². The van der Waals surface area contributed by atoms with Gasteiger partial charge in [-0.2, -0.15) is 0 Å². The van der Waals surface area contributed by atoms with Crippen molar-refractivity contribution in [2.75, 3.05) is 0 Å². The van der Waals surface area contributed by atoms with E-state index in [-0.39, 0.29) is 34.2 Å². The van der Waals surface area contributed by atoms with Gasteiger partial charge in [0.1, 0.15) is 11.6 Å². The molecule has 4 saturated carbocycles. The number of fused-ring (bicyclic) bond motifs is 4. The molecule has 4 aliphatic carbocycles. The van der Waals surface area contributed by atoms with Crippen molar-refractivity contribution in [3.63, 3.8) is 0 Å². The van der Waals surface area contributed by atoms with E-state index < -0.39 is 40.8 Å². The Morgan fingerprint density at radius 3 is 1.52 bits per heavy atom. The number of aliphatic hydroxyl groups is 2. The van der Waals surface area contributed by atoms with Crippen LogP contribution in [-0.4, -0.2) is 34.0 Å². The van der Waals surface area contributed by atoms with Crippen molar-refractivity contribution >= 4 is 11.6 Å². The highest BCUT2D eigenvalue weighted by molar-refractivity contribution is 5.94. The first-order chi connectivity index (χ1) is 15.3. The lowest BCUT2D eigenvalue weighted by atomic mass is 9.48. The summed E-state index contributed by atoms with van der Waals surface area (Å²) in [6.07, 6.45) is 1.56. The third-order valence-corrected chi connectivity index (χ3v) is 11.8. The second-order valence-corrected chi connectivity index (χ2v) is 13.1. The van der Waals surface area contributed by atoms with Gasteiger partial charge < -0.3 is 10.2 Å². The van der Waals surface area contributed by atoms with Crippen LogP contribution in [0.3, 0.4) is 0 Å². The molecule has 4 bridgehead atoms. The van der Waals surface area contributed by atoms with Gasteiger partial charge in [0.2, 0.25) is 0 Å². The molecule has 0 spiro atoms. The van der Waals surface area contributed by atoms with E-state index in [1.807, 2.05) is 30.3 Å². The van der Waals surface area contributed by atoms with Crippen LogP contribution in [0.4, 0.5) is 0 Å². The fourth-order valence-electron chi connectivity index (χ4n) is 8.76. The number of hydrogen-bond acceptors (Lipinski definition) is 4. The Morgan fingerprint density at radius 1 is 0.727 bits per heavy atom. The Morgan fingerprint density at radius 2 is 1.12 bits per heavy atom. The standard InChI is InChI=1S/C29H40O4/c1-26(2)17-12-14-28(26,5)24(32)20(22(17)30)19(16-10-8-7-9-11-16)21-23(31)18-13-15-29(6,25(21)33)27(18,3)4/h7-11,17-23,30-31H,12-15H2,1-6H3/t17-,18-,19?,20+,21+,22+,23+,28-,29+/m0/s1. The second-order valence-electron chi connectivity index (χ2n) is 13.1. The average molecular weight is 453 g/mol. The summed E-state index contributed by atoms with van der Waals surface area (Å²) in [5, 5.41) is 23.4. The number of carbonyl (C=O) groups is 2. The predicted molar refractivity (Wildman–Crippen MR) is 127 cm³/mol. The quantitative estimate of drug-likeness (QED) is 0.692. The van der Waals surface area contributed by atoms with E-state index in [0.29, 0.717) is 0 Å². The second kappa shape index (κ2) is 7.01. The first kappa shape index (κ1) is 23.2. The van der Waals surface area contributed by atoms with Crippen molar-refractivity contribution in [3.8, 4) is 0 Å². The Labute approximate surface area is 198 Å². The monoisotopic (exact) mass is 452 g/mol. The van der Waals surface area contributed by atoms with Gasteiger partial charge in [-0.05, 0) is 53.9 Å². The van der Waals surface area contributed by atoms with E-state index in [1.54, 1.807) is 0 Å². The van der Waals surface area contributed by atoms with E-state index in [1.165, 1.54) is 0 Å². The Bertz CT molecular complexity index is 921. The number of hydrogen-bond donors (Lipinski definition) is 2. The van der Waals surface area contributed by atoms with Crippen LogP contribution in [0.25, 0.3) is 0 Å². The van der Waals surface area contributed by atoms with E-state index in [0.717, 1.165) is 31.2 Å². The molecule has 0 saturated heterocycles. The molecule has 1 aromatic rings. The maximum absolute atomic E-state index is 14.2. The van der Waals surface area contributed by atoms with E-state index in [2.05, 4.69) is 41.5 Å². The highest BCUT2D eigenvalue weighted by atomic mass is 16.3. The van der Waals surface area contributed by atoms with Crippen LogP contribution in [0.2, 0.25) is 0 Å². The predicted octanol–water partition coefficient (Wildman–Crippen LogP) is 4.77. The zero-order chi connectivity index (χ0) is 24.1. The maximum atomic E-state index is 14.2. The van der Waals surface area contributed by atoms with Gasteiger partial charge in [0, 0.05) is 16.7 Å². The summed E-state index contributed by atoms with van der Waals surface area (Å²) in [5.74, 6) is -1.69. The summed E-state index contributed by atoms with van der Waals surface area (Å²) in [5.41, 5.74) is -0.746. The van der Waals surface area contributed by atoms with Crippen LogP contribution in [0.15, 0.2) is 30.3 Å². The Balaban J connectivity index is 1.67. The summed E-state index contributed by atoms with van der Waals surface area (Å²) in [6.45, 7) is 12.6. The number of ketones is 2. The summed E-state index contributed by atoms with van der Waals surface area (Å²) >= 11 is 0. The van der Waals surface area contributed by atoms with Gasteiger partial charge in [-0.15, -0.1) is 0 Å². The fourth-order valence-corrected chi connectivity index (χ4v) is 8.76. The van der Waals surface area contributed by atoms with Gasteiger partial charge in [-0.1, -0.05) is 71.9 Å². The molecule has 1 aromatic carbocycles. The lowest BCUT2D eigenvalue weighted by molar-refractivity contribution is -0.169. The largest absolute Gasteiger partial charge is 0.392 e. The number of benzene rings is 1. The lowest BCUT2D eigenvalue weighted by Gasteiger charge is -2.56. The topological polar surface area (TPSA) is 74.6 Å². The van der Waals surface area contributed by atoms with Gasteiger partial charge in [0.05, 0.1) is 24.0 Å². The number of rotatable bonds is 3. The minimum atomic E-state index is -0.811. The van der Waals surface area contributed by atoms with Gasteiger partial charge in [-0.3, -0.25) is 9.59 Å². The summed E-state index contributed by atoms with van der Waals surface area (Å²) in [7, 11) is 0. The van der Waals surface area contributed by atoms with Crippen LogP contribution in [-0.2, 0) is 9.59 Å². The van der Waals surface area contributed by atoms with Crippen molar-refractivity contribution < 1.29 is 19.8 Å². The SMILES string of the molecule is CC1(C)[C@H]2CC[C@@]1(C)C(=O)[C@H](C(c1ccccc1)[C@H]1C(=O)[C@@]3(C)CC[C@@H]([C@H]1O)C3(C)C)[C@@H]2O. The van der Waals surface area contributed by atoms with Crippen LogP contribution in [0.1, 0.15) is 78.7 Å². The zero-order valence-electron chi connectivity index (χ0n) is 21.0. The van der Waals surface area contributed by atoms with Crippen molar-refractivity contribution in [2.45, 2.75) is 85.4 Å². The molecule has 0 heterocycles. The molecule has 2 N–H and O–H groups in total. The molecule has 4 heteroatoms.